The number of carbonyl (C=O) groups is 1. The van der Waals surface area contributed by atoms with Crippen molar-refractivity contribution in [3.8, 4) is 0 Å². The Morgan fingerprint density at radius 1 is 1.53 bits per heavy atom. The Bertz CT molecular complexity index is 297. The summed E-state index contributed by atoms with van der Waals surface area (Å²) < 4.78 is 5.51. The van der Waals surface area contributed by atoms with Crippen molar-refractivity contribution in [1.29, 1.82) is 0 Å². The van der Waals surface area contributed by atoms with Crippen LogP contribution in [0.1, 0.15) is 13.8 Å². The van der Waals surface area contributed by atoms with Crippen molar-refractivity contribution < 1.29 is 14.6 Å². The number of nitrogens with zero attached hydrogens (tertiary/aromatic N) is 2. The molecule has 0 spiro atoms. The summed E-state index contributed by atoms with van der Waals surface area (Å²) in [5.74, 6) is -0.00604. The van der Waals surface area contributed by atoms with Crippen LogP contribution in [-0.2, 0) is 9.53 Å². The fraction of sp³-hybridized carbons (Fsp3) is 0.923. The minimum atomic E-state index is -0.490. The summed E-state index contributed by atoms with van der Waals surface area (Å²) in [6, 6.07) is 0.130. The van der Waals surface area contributed by atoms with Crippen molar-refractivity contribution in [2.45, 2.75) is 25.4 Å². The number of hydrogen-bond acceptors (Lipinski definition) is 5. The zero-order valence-electron chi connectivity index (χ0n) is 12.5. The number of carbonyl (C=O) groups excluding carboxylic acids is 1. The Labute approximate surface area is 115 Å². The second-order valence-electron chi connectivity index (χ2n) is 5.82. The number of hydrogen-bond donors (Lipinski definition) is 2. The Morgan fingerprint density at radius 3 is 2.74 bits per heavy atom. The van der Waals surface area contributed by atoms with Crippen LogP contribution < -0.4 is 5.32 Å². The van der Waals surface area contributed by atoms with Crippen LogP contribution in [-0.4, -0.2) is 85.9 Å². The molecule has 0 aromatic heterocycles. The topological polar surface area (TPSA) is 65.0 Å². The van der Waals surface area contributed by atoms with Gasteiger partial charge in [-0.25, -0.2) is 0 Å². The van der Waals surface area contributed by atoms with Gasteiger partial charge in [-0.05, 0) is 27.9 Å². The molecule has 0 aromatic carbocycles. The van der Waals surface area contributed by atoms with Crippen LogP contribution in [0.2, 0.25) is 0 Å². The monoisotopic (exact) mass is 273 g/mol. The van der Waals surface area contributed by atoms with E-state index in [1.54, 1.807) is 0 Å². The Kier molecular flexibility index (Phi) is 6.19. The molecule has 2 N–H and O–H groups in total. The molecule has 1 aliphatic rings. The lowest BCUT2D eigenvalue weighted by Crippen LogP contribution is -2.65. The lowest BCUT2D eigenvalue weighted by Gasteiger charge is -2.46. The van der Waals surface area contributed by atoms with Crippen LogP contribution in [0.5, 0.6) is 0 Å². The van der Waals surface area contributed by atoms with Gasteiger partial charge in [-0.2, -0.15) is 0 Å². The fourth-order valence-corrected chi connectivity index (χ4v) is 2.48. The maximum absolute atomic E-state index is 11.9. The highest BCUT2D eigenvalue weighted by atomic mass is 16.5. The number of amides is 1. The van der Waals surface area contributed by atoms with Gasteiger partial charge in [0, 0.05) is 19.1 Å². The van der Waals surface area contributed by atoms with E-state index >= 15 is 0 Å². The highest BCUT2D eigenvalue weighted by Gasteiger charge is 2.40. The number of morpholine rings is 1. The van der Waals surface area contributed by atoms with Crippen LogP contribution >= 0.6 is 0 Å². The largest absolute Gasteiger partial charge is 0.394 e. The van der Waals surface area contributed by atoms with E-state index in [4.69, 9.17) is 4.74 Å². The van der Waals surface area contributed by atoms with Crippen molar-refractivity contribution >= 4 is 5.91 Å². The molecule has 6 heteroatoms. The summed E-state index contributed by atoms with van der Waals surface area (Å²) in [6.45, 7) is 6.56. The molecule has 0 radical (unpaired) electrons. The predicted molar refractivity (Wildman–Crippen MR) is 74.0 cm³/mol. The van der Waals surface area contributed by atoms with E-state index in [1.165, 1.54) is 0 Å². The zero-order chi connectivity index (χ0) is 14.5. The Morgan fingerprint density at radius 2 is 2.21 bits per heavy atom. The maximum atomic E-state index is 11.9. The number of aliphatic hydroxyl groups excluding tert-OH is 1. The van der Waals surface area contributed by atoms with Crippen LogP contribution in [0.25, 0.3) is 0 Å². The van der Waals surface area contributed by atoms with E-state index in [2.05, 4.69) is 5.32 Å². The first-order valence-electron chi connectivity index (χ1n) is 6.77. The second-order valence-corrected chi connectivity index (χ2v) is 5.82. The van der Waals surface area contributed by atoms with Crippen molar-refractivity contribution in [1.82, 2.24) is 15.1 Å². The summed E-state index contributed by atoms with van der Waals surface area (Å²) in [5, 5.41) is 12.7. The first kappa shape index (κ1) is 16.4. The molecule has 1 atom stereocenters. The molecule has 1 rings (SSSR count). The fourth-order valence-electron chi connectivity index (χ4n) is 2.48. The number of likely N-dealkylation sites (N-methyl/N-ethyl adjacent to an activating group) is 1. The van der Waals surface area contributed by atoms with Gasteiger partial charge in [0.2, 0.25) is 5.91 Å². The maximum Gasteiger partial charge on any atom is 0.234 e. The minimum Gasteiger partial charge on any atom is -0.394 e. The Hall–Kier alpha value is -0.690. The molecule has 1 heterocycles. The summed E-state index contributed by atoms with van der Waals surface area (Å²) in [5.41, 5.74) is -0.490. The molecule has 0 saturated carbocycles. The van der Waals surface area contributed by atoms with Crippen molar-refractivity contribution in [3.05, 3.63) is 0 Å². The molecule has 0 bridgehead atoms. The molecule has 6 nitrogen and oxygen atoms in total. The highest BCUT2D eigenvalue weighted by Crippen LogP contribution is 2.20. The quantitative estimate of drug-likeness (QED) is 0.659. The van der Waals surface area contributed by atoms with Gasteiger partial charge < -0.3 is 20.1 Å². The molecule has 0 aromatic rings. The molecule has 1 unspecified atom stereocenters. The highest BCUT2D eigenvalue weighted by molar-refractivity contribution is 5.78. The summed E-state index contributed by atoms with van der Waals surface area (Å²) in [6.07, 6.45) is 0. The van der Waals surface area contributed by atoms with Gasteiger partial charge in [-0.3, -0.25) is 9.69 Å². The van der Waals surface area contributed by atoms with Crippen LogP contribution in [0.15, 0.2) is 0 Å². The van der Waals surface area contributed by atoms with Gasteiger partial charge in [0.05, 0.1) is 31.9 Å². The van der Waals surface area contributed by atoms with Crippen LogP contribution in [0.4, 0.5) is 0 Å². The summed E-state index contributed by atoms with van der Waals surface area (Å²) >= 11 is 0. The number of rotatable bonds is 6. The van der Waals surface area contributed by atoms with Crippen molar-refractivity contribution in [2.75, 3.05) is 53.6 Å². The summed E-state index contributed by atoms with van der Waals surface area (Å²) in [7, 11) is 3.91. The van der Waals surface area contributed by atoms with Gasteiger partial charge in [-0.15, -0.1) is 0 Å². The van der Waals surface area contributed by atoms with E-state index in [-0.39, 0.29) is 18.6 Å². The van der Waals surface area contributed by atoms with Gasteiger partial charge in [0.15, 0.2) is 0 Å². The minimum absolute atomic E-state index is 0.00604. The first-order valence-corrected chi connectivity index (χ1v) is 6.77. The number of nitrogens with one attached hydrogen (secondary N) is 1. The molecule has 19 heavy (non-hydrogen) atoms. The van der Waals surface area contributed by atoms with Crippen LogP contribution in [0, 0.1) is 0 Å². The van der Waals surface area contributed by atoms with E-state index < -0.39 is 5.54 Å². The average molecular weight is 273 g/mol. The van der Waals surface area contributed by atoms with Gasteiger partial charge >= 0.3 is 0 Å². The van der Waals surface area contributed by atoms with E-state index in [0.29, 0.717) is 32.8 Å². The van der Waals surface area contributed by atoms with E-state index in [0.717, 1.165) is 0 Å². The molecule has 1 fully saturated rings. The standard InChI is InChI=1S/C13H27N3O3/c1-11(2)14-12(18)7-16-5-6-19-10-13(16,9-17)8-15(3)4/h11,17H,5-10H2,1-4H3,(H,14,18). The molecule has 1 aliphatic heterocycles. The predicted octanol–water partition coefficient (Wildman–Crippen LogP) is -0.864. The smallest absolute Gasteiger partial charge is 0.234 e. The lowest BCUT2D eigenvalue weighted by atomic mass is 9.97. The van der Waals surface area contributed by atoms with Crippen LogP contribution in [0.3, 0.4) is 0 Å². The first-order chi connectivity index (χ1) is 8.89. The number of ether oxygens (including phenoxy) is 1. The molecule has 1 saturated heterocycles. The lowest BCUT2D eigenvalue weighted by molar-refractivity contribution is -0.133. The van der Waals surface area contributed by atoms with Crippen molar-refractivity contribution in [3.63, 3.8) is 0 Å². The molecule has 0 aliphatic carbocycles. The third kappa shape index (κ3) is 4.72. The molecule has 112 valence electrons. The SMILES string of the molecule is CC(C)NC(=O)CN1CCOCC1(CO)CN(C)C. The van der Waals surface area contributed by atoms with E-state index in [1.807, 2.05) is 37.7 Å². The normalized spacial score (nSPS) is 25.0. The second kappa shape index (κ2) is 7.19. The average Bonchev–Trinajstić information content (AvgIpc) is 2.30. The zero-order valence-corrected chi connectivity index (χ0v) is 12.5. The summed E-state index contributed by atoms with van der Waals surface area (Å²) in [4.78, 5) is 16.0. The third-order valence-electron chi connectivity index (χ3n) is 3.24. The molecular weight excluding hydrogens is 246 g/mol. The molecular formula is C13H27N3O3. The van der Waals surface area contributed by atoms with E-state index in [9.17, 15) is 9.90 Å². The van der Waals surface area contributed by atoms with Gasteiger partial charge in [0.1, 0.15) is 0 Å². The third-order valence-corrected chi connectivity index (χ3v) is 3.24. The van der Waals surface area contributed by atoms with Crippen molar-refractivity contribution in [2.24, 2.45) is 0 Å². The Balaban J connectivity index is 2.72. The molecule has 1 amide bonds. The number of aliphatic hydroxyl groups is 1. The van der Waals surface area contributed by atoms with Gasteiger partial charge in [-0.1, -0.05) is 0 Å². The van der Waals surface area contributed by atoms with Gasteiger partial charge in [0.25, 0.3) is 0 Å².